The normalized spacial score (nSPS) is 11.5. The maximum atomic E-state index is 6.96. The summed E-state index contributed by atoms with van der Waals surface area (Å²) in [6, 6.07) is 53.4. The van der Waals surface area contributed by atoms with E-state index in [9.17, 15) is 0 Å². The highest BCUT2D eigenvalue weighted by atomic mass is 16.3. The van der Waals surface area contributed by atoms with Gasteiger partial charge in [-0.05, 0) is 35.4 Å². The van der Waals surface area contributed by atoms with Gasteiger partial charge in [-0.25, -0.2) is 0 Å². The molecule has 2 nitrogen and oxygen atoms in total. The van der Waals surface area contributed by atoms with Crippen LogP contribution in [0.3, 0.4) is 0 Å². The van der Waals surface area contributed by atoms with Crippen molar-refractivity contribution in [3.8, 4) is 39.5 Å². The molecule has 0 fully saturated rings. The van der Waals surface area contributed by atoms with Gasteiger partial charge < -0.3 is 8.98 Å². The lowest BCUT2D eigenvalue weighted by Crippen LogP contribution is -1.92. The number of furan rings is 1. The summed E-state index contributed by atoms with van der Waals surface area (Å²) in [7, 11) is 0. The zero-order valence-electron chi connectivity index (χ0n) is 21.8. The van der Waals surface area contributed by atoms with E-state index < -0.39 is 0 Å². The quantitative estimate of drug-likeness (QED) is 0.230. The Hall–Kier alpha value is -5.34. The van der Waals surface area contributed by atoms with Crippen molar-refractivity contribution in [1.29, 1.82) is 0 Å². The van der Waals surface area contributed by atoms with Crippen LogP contribution in [0.1, 0.15) is 0 Å². The molecule has 2 aromatic heterocycles. The van der Waals surface area contributed by atoms with E-state index in [4.69, 9.17) is 4.42 Å². The minimum atomic E-state index is 0.897. The summed E-state index contributed by atoms with van der Waals surface area (Å²) in [5.41, 5.74) is 8.02. The minimum absolute atomic E-state index is 0.897. The molecule has 6 aromatic carbocycles. The van der Waals surface area contributed by atoms with Gasteiger partial charge in [0.25, 0.3) is 0 Å². The van der Waals surface area contributed by atoms with E-state index in [2.05, 4.69) is 156 Å². The fraction of sp³-hybridized carbons (Fsp3) is 0. The second-order valence-corrected chi connectivity index (χ2v) is 10.1. The average molecular weight is 512 g/mol. The molecule has 0 spiro atoms. The van der Waals surface area contributed by atoms with Crippen LogP contribution in [0, 0.1) is 0 Å². The maximum Gasteiger partial charge on any atom is 0.143 e. The topological polar surface area (TPSA) is 18.1 Å². The lowest BCUT2D eigenvalue weighted by molar-refractivity contribution is 0.603. The summed E-state index contributed by atoms with van der Waals surface area (Å²) in [5.74, 6) is 1.80. The second kappa shape index (κ2) is 9.14. The molecule has 0 saturated carbocycles. The molecule has 0 aliphatic carbocycles. The fourth-order valence-corrected chi connectivity index (χ4v) is 6.11. The van der Waals surface area contributed by atoms with Gasteiger partial charge >= 0.3 is 0 Å². The van der Waals surface area contributed by atoms with Gasteiger partial charge in [0.2, 0.25) is 0 Å². The number of hydrogen-bond donors (Lipinski definition) is 0. The predicted molar refractivity (Wildman–Crippen MR) is 167 cm³/mol. The minimum Gasteiger partial charge on any atom is -0.455 e. The molecule has 0 atom stereocenters. The lowest BCUT2D eigenvalue weighted by atomic mass is 9.96. The molecule has 2 heteroatoms. The third-order valence-corrected chi connectivity index (χ3v) is 7.83. The molecular weight excluding hydrogens is 486 g/mol. The third kappa shape index (κ3) is 3.43. The van der Waals surface area contributed by atoms with Gasteiger partial charge in [-0.15, -0.1) is 0 Å². The van der Waals surface area contributed by atoms with Crippen LogP contribution >= 0.6 is 0 Å². The van der Waals surface area contributed by atoms with E-state index in [1.165, 1.54) is 21.9 Å². The Morgan fingerprint density at radius 3 is 1.65 bits per heavy atom. The Kier molecular flexibility index (Phi) is 5.17. The van der Waals surface area contributed by atoms with Crippen LogP contribution in [0.15, 0.2) is 156 Å². The number of nitrogens with zero attached hydrogens (tertiary/aromatic N) is 1. The monoisotopic (exact) mass is 511 g/mol. The smallest absolute Gasteiger partial charge is 0.143 e. The molecule has 8 rings (SSSR count). The van der Waals surface area contributed by atoms with Crippen molar-refractivity contribution in [2.75, 3.05) is 0 Å². The summed E-state index contributed by atoms with van der Waals surface area (Å²) in [6.07, 6.45) is 0. The first-order valence-corrected chi connectivity index (χ1v) is 13.6. The average Bonchev–Trinajstić information content (AvgIpc) is 3.58. The zero-order chi connectivity index (χ0) is 26.5. The van der Waals surface area contributed by atoms with Crippen molar-refractivity contribution in [2.45, 2.75) is 0 Å². The Bertz CT molecular complexity index is 2150. The first kappa shape index (κ1) is 22.6. The number of benzene rings is 6. The molecule has 0 aliphatic heterocycles. The summed E-state index contributed by atoms with van der Waals surface area (Å²) < 4.78 is 9.31. The number of aromatic nitrogens is 1. The van der Waals surface area contributed by atoms with Gasteiger partial charge in [-0.3, -0.25) is 0 Å². The van der Waals surface area contributed by atoms with Crippen LogP contribution in [-0.2, 0) is 0 Å². The first-order valence-electron chi connectivity index (χ1n) is 13.6. The van der Waals surface area contributed by atoms with Crippen LogP contribution < -0.4 is 0 Å². The first-order chi connectivity index (χ1) is 19.9. The highest BCUT2D eigenvalue weighted by Gasteiger charge is 2.22. The predicted octanol–water partition coefficient (Wildman–Crippen LogP) is 10.5. The SMILES string of the molecule is c1ccc(-c2ccccc2-c2oc(-c3cccc4c3c3ccccc3n4-c3ccccc3)c3ccccc23)cc1. The molecule has 2 heterocycles. The van der Waals surface area contributed by atoms with Crippen LogP contribution in [0.4, 0.5) is 0 Å². The summed E-state index contributed by atoms with van der Waals surface area (Å²) in [4.78, 5) is 0. The lowest BCUT2D eigenvalue weighted by Gasteiger charge is -2.09. The standard InChI is InChI=1S/C38H25NO/c1-3-14-26(15-4-1)28-18-7-8-19-29(28)37-30-20-9-10-21-31(30)38(40-37)33-23-13-25-35-36(33)32-22-11-12-24-34(32)39(35)27-16-5-2-6-17-27/h1-25H. The van der Waals surface area contributed by atoms with Crippen molar-refractivity contribution in [3.05, 3.63) is 152 Å². The second-order valence-electron chi connectivity index (χ2n) is 10.1. The molecule has 8 aromatic rings. The van der Waals surface area contributed by atoms with Gasteiger partial charge in [0.1, 0.15) is 11.5 Å². The van der Waals surface area contributed by atoms with Crippen molar-refractivity contribution in [3.63, 3.8) is 0 Å². The number of fused-ring (bicyclic) bond motifs is 4. The van der Waals surface area contributed by atoms with Gasteiger partial charge in [0, 0.05) is 38.4 Å². The molecule has 0 N–H and O–H groups in total. The maximum absolute atomic E-state index is 6.96. The van der Waals surface area contributed by atoms with Gasteiger partial charge in [-0.2, -0.15) is 0 Å². The van der Waals surface area contributed by atoms with Gasteiger partial charge in [0.15, 0.2) is 0 Å². The van der Waals surface area contributed by atoms with E-state index in [0.29, 0.717) is 0 Å². The molecule has 188 valence electrons. The van der Waals surface area contributed by atoms with Crippen LogP contribution in [0.5, 0.6) is 0 Å². The van der Waals surface area contributed by atoms with Crippen molar-refractivity contribution < 1.29 is 4.42 Å². The summed E-state index contributed by atoms with van der Waals surface area (Å²) in [6.45, 7) is 0. The zero-order valence-corrected chi connectivity index (χ0v) is 21.8. The Balaban J connectivity index is 1.44. The highest BCUT2D eigenvalue weighted by Crippen LogP contribution is 2.46. The van der Waals surface area contributed by atoms with E-state index in [0.717, 1.165) is 50.2 Å². The van der Waals surface area contributed by atoms with Crippen molar-refractivity contribution in [1.82, 2.24) is 4.57 Å². The Morgan fingerprint density at radius 2 is 0.900 bits per heavy atom. The molecule has 0 amide bonds. The summed E-state index contributed by atoms with van der Waals surface area (Å²) in [5, 5.41) is 4.64. The summed E-state index contributed by atoms with van der Waals surface area (Å²) >= 11 is 0. The highest BCUT2D eigenvalue weighted by molar-refractivity contribution is 6.18. The van der Waals surface area contributed by atoms with E-state index >= 15 is 0 Å². The molecule has 0 radical (unpaired) electrons. The van der Waals surface area contributed by atoms with Gasteiger partial charge in [0.05, 0.1) is 11.0 Å². The molecule has 0 bridgehead atoms. The molecule has 40 heavy (non-hydrogen) atoms. The van der Waals surface area contributed by atoms with E-state index in [1.54, 1.807) is 0 Å². The molecule has 0 saturated heterocycles. The van der Waals surface area contributed by atoms with E-state index in [-0.39, 0.29) is 0 Å². The Morgan fingerprint density at radius 1 is 0.375 bits per heavy atom. The number of rotatable bonds is 4. The van der Waals surface area contributed by atoms with Crippen molar-refractivity contribution in [2.24, 2.45) is 0 Å². The molecule has 0 aliphatic rings. The van der Waals surface area contributed by atoms with Crippen molar-refractivity contribution >= 4 is 32.6 Å². The third-order valence-electron chi connectivity index (χ3n) is 7.83. The number of hydrogen-bond acceptors (Lipinski definition) is 1. The van der Waals surface area contributed by atoms with Crippen LogP contribution in [0.25, 0.3) is 72.0 Å². The Labute approximate surface area is 232 Å². The molecular formula is C38H25NO. The number of para-hydroxylation sites is 2. The molecule has 0 unspecified atom stereocenters. The van der Waals surface area contributed by atoms with Gasteiger partial charge in [-0.1, -0.05) is 127 Å². The van der Waals surface area contributed by atoms with E-state index in [1.807, 2.05) is 0 Å². The van der Waals surface area contributed by atoms with Crippen LogP contribution in [-0.4, -0.2) is 4.57 Å². The van der Waals surface area contributed by atoms with Crippen LogP contribution in [0.2, 0.25) is 0 Å². The largest absolute Gasteiger partial charge is 0.455 e. The fourth-order valence-electron chi connectivity index (χ4n) is 6.11.